The second-order valence-corrected chi connectivity index (χ2v) is 7.63. The van der Waals surface area contributed by atoms with E-state index in [1.807, 2.05) is 67.3 Å². The van der Waals surface area contributed by atoms with Crippen LogP contribution in [0, 0.1) is 18.8 Å². The molecule has 154 valence electrons. The molecule has 3 amide bonds. The van der Waals surface area contributed by atoms with Crippen LogP contribution in [0.5, 0.6) is 5.75 Å². The Kier molecular flexibility index (Phi) is 6.75. The Morgan fingerprint density at radius 2 is 1.72 bits per heavy atom. The van der Waals surface area contributed by atoms with Crippen molar-refractivity contribution in [2.45, 2.75) is 26.7 Å². The maximum Gasteiger partial charge on any atom is 0.321 e. The van der Waals surface area contributed by atoms with Crippen LogP contribution in [0.3, 0.4) is 0 Å². The molecular weight excluding hydrogens is 366 g/mol. The predicted octanol–water partition coefficient (Wildman–Crippen LogP) is 4.52. The molecule has 1 atom stereocenters. The fraction of sp³-hybridized carbons (Fsp3) is 0.391. The van der Waals surface area contributed by atoms with Crippen LogP contribution in [0.4, 0.5) is 16.2 Å². The zero-order valence-electron chi connectivity index (χ0n) is 17.3. The van der Waals surface area contributed by atoms with Crippen molar-refractivity contribution in [2.24, 2.45) is 11.8 Å². The van der Waals surface area contributed by atoms with Crippen molar-refractivity contribution in [3.05, 3.63) is 54.1 Å². The van der Waals surface area contributed by atoms with Gasteiger partial charge in [0.1, 0.15) is 5.75 Å². The van der Waals surface area contributed by atoms with E-state index in [1.165, 1.54) is 0 Å². The molecule has 1 unspecified atom stereocenters. The number of aryl methyl sites for hydroxylation is 1. The molecule has 0 radical (unpaired) electrons. The summed E-state index contributed by atoms with van der Waals surface area (Å²) < 4.78 is 5.20. The van der Waals surface area contributed by atoms with Gasteiger partial charge in [-0.1, -0.05) is 30.7 Å². The zero-order chi connectivity index (χ0) is 20.8. The molecule has 0 spiro atoms. The Morgan fingerprint density at radius 3 is 2.38 bits per heavy atom. The summed E-state index contributed by atoms with van der Waals surface area (Å²) in [6.07, 6.45) is 1.63. The van der Waals surface area contributed by atoms with Crippen LogP contribution in [0.25, 0.3) is 0 Å². The summed E-state index contributed by atoms with van der Waals surface area (Å²) in [6.45, 7) is 5.28. The topological polar surface area (TPSA) is 70.7 Å². The minimum Gasteiger partial charge on any atom is -0.497 e. The van der Waals surface area contributed by atoms with Crippen LogP contribution >= 0.6 is 0 Å². The first-order chi connectivity index (χ1) is 14.0. The van der Waals surface area contributed by atoms with Gasteiger partial charge in [-0.05, 0) is 49.9 Å². The summed E-state index contributed by atoms with van der Waals surface area (Å²) >= 11 is 0. The van der Waals surface area contributed by atoms with Crippen molar-refractivity contribution in [2.75, 3.05) is 30.8 Å². The van der Waals surface area contributed by atoms with Crippen LogP contribution in [0.15, 0.2) is 48.5 Å². The number of ether oxygens (including phenoxy) is 1. The van der Waals surface area contributed by atoms with Gasteiger partial charge in [0.15, 0.2) is 0 Å². The lowest BCUT2D eigenvalue weighted by molar-refractivity contribution is -0.121. The Labute approximate surface area is 172 Å². The highest BCUT2D eigenvalue weighted by Gasteiger charge is 2.30. The highest BCUT2D eigenvalue weighted by molar-refractivity contribution is 5.93. The van der Waals surface area contributed by atoms with E-state index >= 15 is 0 Å². The highest BCUT2D eigenvalue weighted by atomic mass is 16.5. The standard InChI is InChI=1S/C23H29N3O3/c1-16-7-9-19(10-8-16)25-23(28)26-13-11-18(12-14-26)17(2)22(27)24-20-5-4-6-21(15-20)29-3/h4-10,15,17-18H,11-14H2,1-3H3,(H,24,27)(H,25,28). The van der Waals surface area contributed by atoms with E-state index in [4.69, 9.17) is 4.74 Å². The SMILES string of the molecule is COc1cccc(NC(=O)C(C)C2CCN(C(=O)Nc3ccc(C)cc3)CC2)c1. The zero-order valence-corrected chi connectivity index (χ0v) is 17.3. The number of amides is 3. The molecular formula is C23H29N3O3. The van der Waals surface area contributed by atoms with Gasteiger partial charge in [-0.15, -0.1) is 0 Å². The summed E-state index contributed by atoms with van der Waals surface area (Å²) in [5.41, 5.74) is 2.69. The van der Waals surface area contributed by atoms with Gasteiger partial charge in [-0.3, -0.25) is 4.79 Å². The Bertz CT molecular complexity index is 843. The van der Waals surface area contributed by atoms with E-state index in [2.05, 4.69) is 10.6 Å². The number of benzene rings is 2. The normalized spacial score (nSPS) is 15.5. The number of urea groups is 1. The first-order valence-electron chi connectivity index (χ1n) is 10.0. The Balaban J connectivity index is 1.49. The molecule has 2 aromatic carbocycles. The number of anilines is 2. The molecule has 6 nitrogen and oxygen atoms in total. The number of nitrogens with zero attached hydrogens (tertiary/aromatic N) is 1. The number of rotatable bonds is 5. The molecule has 6 heteroatoms. The molecule has 1 aliphatic rings. The maximum atomic E-state index is 12.7. The molecule has 0 saturated carbocycles. The molecule has 0 aromatic heterocycles. The lowest BCUT2D eigenvalue weighted by Crippen LogP contribution is -2.43. The number of likely N-dealkylation sites (tertiary alicyclic amines) is 1. The second kappa shape index (κ2) is 9.45. The number of carbonyl (C=O) groups excluding carboxylic acids is 2. The third-order valence-electron chi connectivity index (χ3n) is 5.59. The first-order valence-corrected chi connectivity index (χ1v) is 10.0. The van der Waals surface area contributed by atoms with Gasteiger partial charge in [-0.25, -0.2) is 4.79 Å². The number of methoxy groups -OCH3 is 1. The second-order valence-electron chi connectivity index (χ2n) is 7.63. The average Bonchev–Trinajstić information content (AvgIpc) is 2.75. The fourth-order valence-electron chi connectivity index (χ4n) is 3.61. The first kappa shape index (κ1) is 20.7. The Morgan fingerprint density at radius 1 is 1.03 bits per heavy atom. The molecule has 2 N–H and O–H groups in total. The van der Waals surface area contributed by atoms with Gasteiger partial charge in [0.2, 0.25) is 5.91 Å². The predicted molar refractivity (Wildman–Crippen MR) is 115 cm³/mol. The van der Waals surface area contributed by atoms with Crippen molar-refractivity contribution in [3.63, 3.8) is 0 Å². The van der Waals surface area contributed by atoms with Crippen molar-refractivity contribution in [1.82, 2.24) is 4.90 Å². The molecule has 3 rings (SSSR count). The van der Waals surface area contributed by atoms with Gasteiger partial charge in [0, 0.05) is 36.4 Å². The van der Waals surface area contributed by atoms with Crippen LogP contribution in [0.1, 0.15) is 25.3 Å². The monoisotopic (exact) mass is 395 g/mol. The van der Waals surface area contributed by atoms with Crippen molar-refractivity contribution in [1.29, 1.82) is 0 Å². The van der Waals surface area contributed by atoms with E-state index in [9.17, 15) is 9.59 Å². The van der Waals surface area contributed by atoms with Crippen molar-refractivity contribution >= 4 is 23.3 Å². The molecule has 1 aliphatic heterocycles. The largest absolute Gasteiger partial charge is 0.497 e. The third kappa shape index (κ3) is 5.50. The van der Waals surface area contributed by atoms with E-state index in [0.29, 0.717) is 18.8 Å². The third-order valence-corrected chi connectivity index (χ3v) is 5.59. The van der Waals surface area contributed by atoms with Crippen molar-refractivity contribution < 1.29 is 14.3 Å². The van der Waals surface area contributed by atoms with E-state index in [-0.39, 0.29) is 23.8 Å². The van der Waals surface area contributed by atoms with Crippen molar-refractivity contribution in [3.8, 4) is 5.75 Å². The average molecular weight is 396 g/mol. The van der Waals surface area contributed by atoms with Crippen LogP contribution in [0.2, 0.25) is 0 Å². The number of piperidine rings is 1. The van der Waals surface area contributed by atoms with E-state index < -0.39 is 0 Å². The minimum atomic E-state index is -0.122. The summed E-state index contributed by atoms with van der Waals surface area (Å²) in [6, 6.07) is 15.0. The number of hydrogen-bond donors (Lipinski definition) is 2. The summed E-state index contributed by atoms with van der Waals surface area (Å²) in [5.74, 6) is 0.844. The number of nitrogens with one attached hydrogen (secondary N) is 2. The lowest BCUT2D eigenvalue weighted by atomic mass is 9.85. The minimum absolute atomic E-state index is 0.000750. The van der Waals surface area contributed by atoms with Gasteiger partial charge in [-0.2, -0.15) is 0 Å². The molecule has 2 aromatic rings. The summed E-state index contributed by atoms with van der Waals surface area (Å²) in [4.78, 5) is 27.0. The highest BCUT2D eigenvalue weighted by Crippen LogP contribution is 2.27. The lowest BCUT2D eigenvalue weighted by Gasteiger charge is -2.34. The van der Waals surface area contributed by atoms with Crippen LogP contribution in [-0.4, -0.2) is 37.0 Å². The summed E-state index contributed by atoms with van der Waals surface area (Å²) in [7, 11) is 1.60. The van der Waals surface area contributed by atoms with E-state index in [1.54, 1.807) is 7.11 Å². The van der Waals surface area contributed by atoms with Gasteiger partial charge in [0.05, 0.1) is 7.11 Å². The smallest absolute Gasteiger partial charge is 0.321 e. The van der Waals surface area contributed by atoms with Crippen LogP contribution < -0.4 is 15.4 Å². The molecule has 1 saturated heterocycles. The molecule has 1 heterocycles. The molecule has 0 bridgehead atoms. The number of carbonyl (C=O) groups is 2. The molecule has 0 aliphatic carbocycles. The fourth-order valence-corrected chi connectivity index (χ4v) is 3.61. The molecule has 29 heavy (non-hydrogen) atoms. The Hall–Kier alpha value is -3.02. The van der Waals surface area contributed by atoms with Gasteiger partial charge in [0.25, 0.3) is 0 Å². The van der Waals surface area contributed by atoms with Gasteiger partial charge >= 0.3 is 6.03 Å². The maximum absolute atomic E-state index is 12.7. The quantitative estimate of drug-likeness (QED) is 0.782. The van der Waals surface area contributed by atoms with E-state index in [0.717, 1.165) is 29.8 Å². The van der Waals surface area contributed by atoms with Gasteiger partial charge < -0.3 is 20.3 Å². The summed E-state index contributed by atoms with van der Waals surface area (Å²) in [5, 5.41) is 5.92. The van der Waals surface area contributed by atoms with Crippen LogP contribution in [-0.2, 0) is 4.79 Å². The molecule has 1 fully saturated rings. The number of hydrogen-bond acceptors (Lipinski definition) is 3.